The number of benzene rings is 2. The van der Waals surface area contributed by atoms with E-state index in [0.717, 1.165) is 6.07 Å². The van der Waals surface area contributed by atoms with Crippen molar-refractivity contribution in [3.63, 3.8) is 0 Å². The van der Waals surface area contributed by atoms with Crippen LogP contribution >= 0.6 is 0 Å². The van der Waals surface area contributed by atoms with Crippen molar-refractivity contribution in [2.75, 3.05) is 13.2 Å². The Hall–Kier alpha value is -3.75. The van der Waals surface area contributed by atoms with Gasteiger partial charge in [0.25, 0.3) is 5.69 Å². The van der Waals surface area contributed by atoms with Crippen molar-refractivity contribution >= 4 is 22.6 Å². The van der Waals surface area contributed by atoms with Gasteiger partial charge in [-0.25, -0.2) is 9.18 Å². The number of carbonyl (C=O) groups excluding carboxylic acids is 1. The molecule has 0 spiro atoms. The summed E-state index contributed by atoms with van der Waals surface area (Å²) in [5.41, 5.74) is 0.127. The van der Waals surface area contributed by atoms with Gasteiger partial charge in [0, 0.05) is 23.2 Å². The van der Waals surface area contributed by atoms with Crippen LogP contribution in [0.3, 0.4) is 0 Å². The lowest BCUT2D eigenvalue weighted by atomic mass is 10.1. The molecule has 1 aliphatic heterocycles. The van der Waals surface area contributed by atoms with Crippen molar-refractivity contribution in [2.24, 2.45) is 0 Å². The van der Waals surface area contributed by atoms with E-state index in [0.29, 0.717) is 16.5 Å². The zero-order valence-electron chi connectivity index (χ0n) is 14.4. The minimum Gasteiger partial charge on any atom is -0.486 e. The number of fused-ring (bicyclic) bond motifs is 2. The first-order valence-corrected chi connectivity index (χ1v) is 8.32. The maximum absolute atomic E-state index is 13.9. The van der Waals surface area contributed by atoms with Crippen LogP contribution in [0.4, 0.5) is 10.1 Å². The fourth-order valence-corrected chi connectivity index (χ4v) is 2.93. The second-order valence-corrected chi connectivity index (χ2v) is 5.95. The van der Waals surface area contributed by atoms with Crippen molar-refractivity contribution in [2.45, 2.75) is 6.61 Å². The highest BCUT2D eigenvalue weighted by atomic mass is 19.1. The van der Waals surface area contributed by atoms with Gasteiger partial charge in [-0.3, -0.25) is 15.1 Å². The van der Waals surface area contributed by atoms with Crippen LogP contribution in [0.5, 0.6) is 11.5 Å². The highest BCUT2D eigenvalue weighted by Gasteiger charge is 2.27. The Kier molecular flexibility index (Phi) is 4.48. The number of pyridine rings is 1. The molecule has 9 heteroatoms. The zero-order valence-corrected chi connectivity index (χ0v) is 14.4. The van der Waals surface area contributed by atoms with E-state index in [2.05, 4.69) is 4.98 Å². The van der Waals surface area contributed by atoms with Gasteiger partial charge < -0.3 is 14.2 Å². The third-order valence-corrected chi connectivity index (χ3v) is 4.24. The van der Waals surface area contributed by atoms with Crippen LogP contribution in [0.2, 0.25) is 0 Å². The average molecular weight is 384 g/mol. The summed E-state index contributed by atoms with van der Waals surface area (Å²) >= 11 is 0. The molecule has 2 aromatic carbocycles. The Balaban J connectivity index is 1.63. The summed E-state index contributed by atoms with van der Waals surface area (Å²) in [6.07, 6.45) is 1.50. The molecule has 142 valence electrons. The minimum absolute atomic E-state index is 0.197. The second kappa shape index (κ2) is 7.10. The predicted molar refractivity (Wildman–Crippen MR) is 94.9 cm³/mol. The molecule has 0 amide bonds. The van der Waals surface area contributed by atoms with Gasteiger partial charge in [0.15, 0.2) is 11.5 Å². The molecular formula is C19H13FN2O6. The monoisotopic (exact) mass is 384 g/mol. The zero-order chi connectivity index (χ0) is 19.7. The maximum atomic E-state index is 13.9. The van der Waals surface area contributed by atoms with Crippen molar-refractivity contribution in [1.29, 1.82) is 0 Å². The van der Waals surface area contributed by atoms with Crippen LogP contribution in [0, 0.1) is 15.9 Å². The maximum Gasteiger partial charge on any atom is 0.345 e. The van der Waals surface area contributed by atoms with E-state index in [-0.39, 0.29) is 36.9 Å². The van der Waals surface area contributed by atoms with Gasteiger partial charge in [-0.2, -0.15) is 0 Å². The second-order valence-electron chi connectivity index (χ2n) is 5.95. The Labute approximate surface area is 157 Å². The Bertz CT molecular complexity index is 1100. The van der Waals surface area contributed by atoms with E-state index < -0.39 is 22.4 Å². The molecule has 0 atom stereocenters. The topological polar surface area (TPSA) is 101 Å². The molecule has 0 N–H and O–H groups in total. The molecule has 4 rings (SSSR count). The van der Waals surface area contributed by atoms with E-state index in [9.17, 15) is 19.3 Å². The van der Waals surface area contributed by atoms with Gasteiger partial charge in [-0.05, 0) is 18.2 Å². The minimum atomic E-state index is -0.905. The number of halogens is 1. The number of carbonyl (C=O) groups is 1. The average Bonchev–Trinajstić information content (AvgIpc) is 2.72. The summed E-state index contributed by atoms with van der Waals surface area (Å²) in [4.78, 5) is 27.3. The lowest BCUT2D eigenvalue weighted by Crippen LogP contribution is -2.17. The fraction of sp³-hybridized carbons (Fsp3) is 0.158. The fourth-order valence-electron chi connectivity index (χ4n) is 2.93. The Morgan fingerprint density at radius 1 is 1.21 bits per heavy atom. The lowest BCUT2D eigenvalue weighted by Gasteiger charge is -2.18. The molecule has 3 aromatic rings. The van der Waals surface area contributed by atoms with Crippen molar-refractivity contribution in [3.05, 3.63) is 69.7 Å². The van der Waals surface area contributed by atoms with E-state index >= 15 is 0 Å². The number of hydrogen-bond donors (Lipinski definition) is 0. The Morgan fingerprint density at radius 2 is 1.96 bits per heavy atom. The molecule has 0 fully saturated rings. The predicted octanol–water partition coefficient (Wildman–Crippen LogP) is 3.41. The van der Waals surface area contributed by atoms with Crippen LogP contribution in [-0.2, 0) is 11.3 Å². The third kappa shape index (κ3) is 3.18. The number of nitrogens with zero attached hydrogens (tertiary/aromatic N) is 2. The summed E-state index contributed by atoms with van der Waals surface area (Å²) in [6.45, 7) is 0.309. The molecule has 1 aromatic heterocycles. The first-order chi connectivity index (χ1) is 13.5. The lowest BCUT2D eigenvalue weighted by molar-refractivity contribution is -0.385. The molecular weight excluding hydrogens is 371 g/mol. The molecule has 0 unspecified atom stereocenters. The summed E-state index contributed by atoms with van der Waals surface area (Å²) in [6, 6.07) is 8.24. The first kappa shape index (κ1) is 17.7. The summed E-state index contributed by atoms with van der Waals surface area (Å²) in [5.74, 6) is -0.918. The number of aromatic nitrogens is 1. The standard InChI is InChI=1S/C19H13FN2O6/c20-14-4-3-11(18-12(14)2-1-5-21-18)10-28-19(23)13-8-16-17(27-7-6-26-16)9-15(13)22(24)25/h1-5,8-9H,6-7,10H2. The number of nitro groups is 1. The van der Waals surface area contributed by atoms with Crippen LogP contribution in [0.15, 0.2) is 42.6 Å². The van der Waals surface area contributed by atoms with Gasteiger partial charge in [0.2, 0.25) is 0 Å². The number of rotatable bonds is 4. The van der Waals surface area contributed by atoms with Gasteiger partial charge >= 0.3 is 5.97 Å². The Morgan fingerprint density at radius 3 is 2.71 bits per heavy atom. The molecule has 0 saturated carbocycles. The SMILES string of the molecule is O=C(OCc1ccc(F)c2cccnc12)c1cc2c(cc1[N+](=O)[O-])OCCO2. The van der Waals surface area contributed by atoms with Gasteiger partial charge in [-0.1, -0.05) is 6.07 Å². The molecule has 0 aliphatic carbocycles. The molecule has 0 bridgehead atoms. The molecule has 8 nitrogen and oxygen atoms in total. The van der Waals surface area contributed by atoms with E-state index in [1.165, 1.54) is 24.4 Å². The molecule has 0 radical (unpaired) electrons. The van der Waals surface area contributed by atoms with Crippen molar-refractivity contribution in [1.82, 2.24) is 4.98 Å². The number of hydrogen-bond acceptors (Lipinski definition) is 7. The number of esters is 1. The summed E-state index contributed by atoms with van der Waals surface area (Å²) in [5, 5.41) is 11.6. The van der Waals surface area contributed by atoms with Gasteiger partial charge in [0.05, 0.1) is 16.5 Å². The highest BCUT2D eigenvalue weighted by molar-refractivity contribution is 5.95. The molecule has 0 saturated heterocycles. The molecule has 28 heavy (non-hydrogen) atoms. The molecule has 1 aliphatic rings. The van der Waals surface area contributed by atoms with Crippen molar-refractivity contribution in [3.8, 4) is 11.5 Å². The normalized spacial score (nSPS) is 12.6. The number of ether oxygens (including phenoxy) is 3. The van der Waals surface area contributed by atoms with Gasteiger partial charge in [0.1, 0.15) is 31.2 Å². The summed E-state index contributed by atoms with van der Waals surface area (Å²) in [7, 11) is 0. The first-order valence-electron chi connectivity index (χ1n) is 8.32. The highest BCUT2D eigenvalue weighted by Crippen LogP contribution is 2.37. The quantitative estimate of drug-likeness (QED) is 0.386. The van der Waals surface area contributed by atoms with Crippen LogP contribution < -0.4 is 9.47 Å². The number of nitro benzene ring substituents is 1. The van der Waals surface area contributed by atoms with E-state index in [1.807, 2.05) is 0 Å². The summed E-state index contributed by atoms with van der Waals surface area (Å²) < 4.78 is 29.8. The van der Waals surface area contributed by atoms with E-state index in [1.54, 1.807) is 12.1 Å². The smallest absolute Gasteiger partial charge is 0.345 e. The van der Waals surface area contributed by atoms with Crippen LogP contribution in [0.25, 0.3) is 10.9 Å². The third-order valence-electron chi connectivity index (χ3n) is 4.24. The van der Waals surface area contributed by atoms with Crippen LogP contribution in [0.1, 0.15) is 15.9 Å². The van der Waals surface area contributed by atoms with E-state index in [4.69, 9.17) is 14.2 Å². The van der Waals surface area contributed by atoms with Crippen LogP contribution in [-0.4, -0.2) is 29.1 Å². The van der Waals surface area contributed by atoms with Crippen molar-refractivity contribution < 1.29 is 28.3 Å². The van der Waals surface area contributed by atoms with Gasteiger partial charge in [-0.15, -0.1) is 0 Å². The largest absolute Gasteiger partial charge is 0.486 e. The molecule has 2 heterocycles.